The zero-order chi connectivity index (χ0) is 26.8. The van der Waals surface area contributed by atoms with Gasteiger partial charge in [0.15, 0.2) is 10.9 Å². The van der Waals surface area contributed by atoms with Crippen molar-refractivity contribution < 1.29 is 30.7 Å². The molecular weight excluding hydrogens is 591 g/mol. The van der Waals surface area contributed by atoms with Crippen molar-refractivity contribution in [1.82, 2.24) is 9.71 Å². The highest BCUT2D eigenvalue weighted by Crippen LogP contribution is 2.49. The first-order chi connectivity index (χ1) is 16.8. The number of rotatable bonds is 6. The van der Waals surface area contributed by atoms with Gasteiger partial charge in [-0.1, -0.05) is 46.3 Å². The normalized spacial score (nSPS) is 14.4. The van der Waals surface area contributed by atoms with E-state index in [1.54, 1.807) is 30.3 Å². The fraction of sp³-hybridized carbons (Fsp3) is 0.150. The molecule has 0 fully saturated rings. The molecule has 3 aromatic rings. The Balaban J connectivity index is 0.00000176. The van der Waals surface area contributed by atoms with E-state index in [0.29, 0.717) is 31.0 Å². The van der Waals surface area contributed by atoms with E-state index >= 15 is 0 Å². The number of pyridine rings is 1. The van der Waals surface area contributed by atoms with Crippen molar-refractivity contribution in [3.05, 3.63) is 63.7 Å². The summed E-state index contributed by atoms with van der Waals surface area (Å²) >= 11 is 14.7. The number of hydrogen-bond acceptors (Lipinski definition) is 10. The largest absolute Gasteiger partial charge is 0.745 e. The van der Waals surface area contributed by atoms with E-state index in [1.165, 1.54) is 38.8 Å². The van der Waals surface area contributed by atoms with Gasteiger partial charge in [0.05, 0.1) is 27.0 Å². The van der Waals surface area contributed by atoms with Gasteiger partial charge in [-0.3, -0.25) is 9.52 Å². The van der Waals surface area contributed by atoms with Crippen molar-refractivity contribution in [3.8, 4) is 0 Å². The number of amides is 1. The number of benzene rings is 1. The Bertz CT molecular complexity index is 1590. The predicted octanol–water partition coefficient (Wildman–Crippen LogP) is 3.18. The molecule has 4 rings (SSSR count). The second-order valence-electron chi connectivity index (χ2n) is 7.08. The van der Waals surface area contributed by atoms with Gasteiger partial charge in [-0.15, -0.1) is 13.2 Å². The lowest BCUT2D eigenvalue weighted by atomic mass is 10.3. The minimum atomic E-state index is -4.65. The minimum absolute atomic E-state index is 0.231. The lowest BCUT2D eigenvalue weighted by Crippen LogP contribution is -2.40. The third kappa shape index (κ3) is 6.76. The number of carbonyl (C=O) groups excluding carboxylic acids is 1. The summed E-state index contributed by atoms with van der Waals surface area (Å²) in [4.78, 5) is 18.8. The predicted molar refractivity (Wildman–Crippen MR) is 141 cm³/mol. The molecule has 1 aromatic carbocycles. The van der Waals surface area contributed by atoms with Gasteiger partial charge in [0.25, 0.3) is 5.91 Å². The quantitative estimate of drug-likeness (QED) is 0.254. The second-order valence-corrected chi connectivity index (χ2v) is 13.1. The highest BCUT2D eigenvalue weighted by atomic mass is 35.5. The monoisotopic (exact) mass is 608 g/mol. The van der Waals surface area contributed by atoms with Crippen molar-refractivity contribution in [2.24, 2.45) is 0 Å². The molecule has 192 valence electrons. The van der Waals surface area contributed by atoms with Gasteiger partial charge in [0, 0.05) is 11.0 Å². The molecule has 36 heavy (non-hydrogen) atoms. The van der Waals surface area contributed by atoms with Crippen molar-refractivity contribution in [1.29, 1.82) is 0 Å². The van der Waals surface area contributed by atoms with Crippen LogP contribution in [0, 0.1) is 0 Å². The highest BCUT2D eigenvalue weighted by molar-refractivity contribution is 8.04. The maximum atomic E-state index is 12.4. The number of nitrogens with one attached hydrogen (secondary N) is 1. The van der Waals surface area contributed by atoms with Gasteiger partial charge in [0.1, 0.15) is 27.6 Å². The summed E-state index contributed by atoms with van der Waals surface area (Å²) in [5.74, 6) is -1.63. The first-order valence-corrected chi connectivity index (χ1v) is 15.5. The fourth-order valence-electron chi connectivity index (χ4n) is 3.18. The Labute approximate surface area is 226 Å². The number of aromatic nitrogens is 2. The number of nitrogens with zero attached hydrogens (tertiary/aromatic N) is 3. The summed E-state index contributed by atoms with van der Waals surface area (Å²) in [5, 5.41) is 1.36. The Hall–Kier alpha value is -2.20. The van der Waals surface area contributed by atoms with Crippen molar-refractivity contribution in [3.63, 3.8) is 0 Å². The average molecular weight is 610 g/mol. The molecule has 0 spiro atoms. The molecule has 2 aromatic heterocycles. The maximum absolute atomic E-state index is 12.4. The summed E-state index contributed by atoms with van der Waals surface area (Å²) in [6.45, 7) is 5.62. The van der Waals surface area contributed by atoms with Gasteiger partial charge >= 0.3 is 5.65 Å². The summed E-state index contributed by atoms with van der Waals surface area (Å²) in [6.07, 6.45) is 3.94. The topological polar surface area (TPSA) is 140 Å². The van der Waals surface area contributed by atoms with Crippen LogP contribution in [0.2, 0.25) is 10.0 Å². The standard InChI is InChI=1S/C18H14Cl2N4O6S4.C2H4/c1-33(26,27)22-15(25)8-23-12-5-10(19)11(20)6-14(12)32-16(23)7-17-24(9-34(28,29)30)18-13(31-17)3-2-4-21-18;1-2/h2-7H,8-9H2,1H3,(H-,22,25,28,29,30);1-2H2. The summed E-state index contributed by atoms with van der Waals surface area (Å²) in [5.41, 5.74) is 0.822. The zero-order valence-corrected chi connectivity index (χ0v) is 23.3. The molecule has 1 N–H and O–H groups in total. The Morgan fingerprint density at radius 3 is 2.56 bits per heavy atom. The smallest absolute Gasteiger partial charge is 0.342 e. The number of anilines is 1. The van der Waals surface area contributed by atoms with Crippen LogP contribution in [0.15, 0.2) is 53.5 Å². The molecular formula is C20H18Cl2N4O6S4. The van der Waals surface area contributed by atoms with E-state index in [-0.39, 0.29) is 16.6 Å². The van der Waals surface area contributed by atoms with Crippen molar-refractivity contribution >= 4 is 94.5 Å². The van der Waals surface area contributed by atoms with Crippen molar-refractivity contribution in [2.75, 3.05) is 17.7 Å². The second kappa shape index (κ2) is 11.0. The van der Waals surface area contributed by atoms with E-state index < -0.39 is 31.9 Å². The molecule has 0 bridgehead atoms. The molecule has 0 atom stereocenters. The molecule has 10 nitrogen and oxygen atoms in total. The van der Waals surface area contributed by atoms with Gasteiger partial charge < -0.3 is 9.45 Å². The molecule has 1 amide bonds. The SMILES string of the molecule is C=C.CS(=O)(=O)NC(=O)CN1C(=Cc2sc3cccnc3[n+]2CS(=O)(=O)[O-])Sc2cc(Cl)c(Cl)cc21. The van der Waals surface area contributed by atoms with E-state index in [0.717, 1.165) is 6.26 Å². The van der Waals surface area contributed by atoms with E-state index in [4.69, 9.17) is 23.2 Å². The highest BCUT2D eigenvalue weighted by Gasteiger charge is 2.30. The van der Waals surface area contributed by atoms with Crippen LogP contribution in [0.5, 0.6) is 0 Å². The average Bonchev–Trinajstić information content (AvgIpc) is 3.25. The number of sulfonamides is 1. The van der Waals surface area contributed by atoms with Crippen LogP contribution in [-0.4, -0.2) is 45.1 Å². The van der Waals surface area contributed by atoms with Gasteiger partial charge in [-0.2, -0.15) is 0 Å². The number of fused-ring (bicyclic) bond motifs is 2. The lowest BCUT2D eigenvalue weighted by molar-refractivity contribution is -0.651. The molecule has 1 aliphatic rings. The number of carbonyl (C=O) groups is 1. The molecule has 1 aliphatic heterocycles. The molecule has 16 heteroatoms. The van der Waals surface area contributed by atoms with E-state index in [9.17, 15) is 26.2 Å². The molecule has 0 saturated heterocycles. The van der Waals surface area contributed by atoms with Crippen LogP contribution in [0.25, 0.3) is 16.4 Å². The third-order valence-corrected chi connectivity index (χ3v) is 8.47. The minimum Gasteiger partial charge on any atom is -0.745 e. The van der Waals surface area contributed by atoms with Gasteiger partial charge in [0.2, 0.25) is 10.0 Å². The maximum Gasteiger partial charge on any atom is 0.342 e. The number of halogens is 2. The summed E-state index contributed by atoms with van der Waals surface area (Å²) in [7, 11) is -8.44. The molecule has 3 heterocycles. The molecule has 0 saturated carbocycles. The van der Waals surface area contributed by atoms with E-state index in [1.807, 2.05) is 4.72 Å². The number of hydrogen-bond donors (Lipinski definition) is 1. The lowest BCUT2D eigenvalue weighted by Gasteiger charge is -2.20. The Morgan fingerprint density at radius 1 is 1.25 bits per heavy atom. The van der Waals surface area contributed by atoms with Crippen LogP contribution < -0.4 is 14.2 Å². The van der Waals surface area contributed by atoms with E-state index in [2.05, 4.69) is 18.1 Å². The molecule has 0 unspecified atom stereocenters. The number of thioether (sulfide) groups is 1. The van der Waals surface area contributed by atoms with Gasteiger partial charge in [-0.05, 0) is 29.2 Å². The van der Waals surface area contributed by atoms with Crippen LogP contribution in [0.4, 0.5) is 5.69 Å². The first-order valence-electron chi connectivity index (χ1n) is 9.68. The number of thiazole rings is 1. The summed E-state index contributed by atoms with van der Waals surface area (Å²) < 4.78 is 61.5. The first kappa shape index (κ1) is 28.4. The van der Waals surface area contributed by atoms with Crippen molar-refractivity contribution in [2.45, 2.75) is 10.8 Å². The van der Waals surface area contributed by atoms with Gasteiger partial charge in [-0.25, -0.2) is 21.4 Å². The fourth-order valence-corrected chi connectivity index (χ4v) is 6.96. The van der Waals surface area contributed by atoms with Crippen LogP contribution in [0.1, 0.15) is 5.01 Å². The molecule has 0 radical (unpaired) electrons. The summed E-state index contributed by atoms with van der Waals surface area (Å²) in [6, 6.07) is 6.56. The Morgan fingerprint density at radius 2 is 1.92 bits per heavy atom. The third-order valence-electron chi connectivity index (χ3n) is 4.40. The van der Waals surface area contributed by atoms with Crippen LogP contribution in [0.3, 0.4) is 0 Å². The van der Waals surface area contributed by atoms with Crippen LogP contribution >= 0.6 is 46.3 Å². The molecule has 0 aliphatic carbocycles. The van der Waals surface area contributed by atoms with Crippen LogP contribution in [-0.2, 0) is 30.8 Å². The Kier molecular flexibility index (Phi) is 8.70. The zero-order valence-electron chi connectivity index (χ0n) is 18.5.